The summed E-state index contributed by atoms with van der Waals surface area (Å²) in [6, 6.07) is 10.7. The third kappa shape index (κ3) is 4.17. The van der Waals surface area contributed by atoms with Gasteiger partial charge in [0.1, 0.15) is 11.5 Å². The molecule has 1 amide bonds. The molecule has 0 aliphatic carbocycles. The first-order valence-corrected chi connectivity index (χ1v) is 6.98. The molecule has 7 heteroatoms. The van der Waals surface area contributed by atoms with Gasteiger partial charge in [-0.25, -0.2) is 0 Å². The predicted molar refractivity (Wildman–Crippen MR) is 81.7 cm³/mol. The Morgan fingerprint density at radius 3 is 2.36 bits per heavy atom. The summed E-state index contributed by atoms with van der Waals surface area (Å²) < 4.78 is 34.0. The quantitative estimate of drug-likeness (QED) is 0.851. The van der Waals surface area contributed by atoms with Crippen LogP contribution < -0.4 is 14.8 Å². The second-order valence-corrected chi connectivity index (χ2v) is 5.06. The number of hydrogen-bond acceptors (Lipinski definition) is 3. The third-order valence-electron chi connectivity index (χ3n) is 2.76. The third-order valence-corrected chi connectivity index (χ3v) is 3.45. The van der Waals surface area contributed by atoms with Crippen LogP contribution in [-0.4, -0.2) is 19.6 Å². The van der Waals surface area contributed by atoms with Crippen LogP contribution in [0.15, 0.2) is 46.9 Å². The minimum absolute atomic E-state index is 0.0237. The highest BCUT2D eigenvalue weighted by Crippen LogP contribution is 2.24. The van der Waals surface area contributed by atoms with Crippen molar-refractivity contribution in [2.75, 3.05) is 12.4 Å². The van der Waals surface area contributed by atoms with Gasteiger partial charge in [0, 0.05) is 10.2 Å². The van der Waals surface area contributed by atoms with E-state index in [-0.39, 0.29) is 11.7 Å². The molecule has 0 saturated heterocycles. The maximum absolute atomic E-state index is 12.2. The number of nitrogens with one attached hydrogen (secondary N) is 1. The second-order valence-electron chi connectivity index (χ2n) is 4.20. The second kappa shape index (κ2) is 7.22. The first-order chi connectivity index (χ1) is 10.5. The monoisotopic (exact) mass is 371 g/mol. The molecular formula is C15H12BrF2NO3. The molecule has 0 aromatic heterocycles. The Morgan fingerprint density at radius 1 is 1.14 bits per heavy atom. The fourth-order valence-corrected chi connectivity index (χ4v) is 2.15. The van der Waals surface area contributed by atoms with Gasteiger partial charge in [-0.15, -0.1) is 0 Å². The first-order valence-electron chi connectivity index (χ1n) is 6.19. The van der Waals surface area contributed by atoms with E-state index in [1.807, 2.05) is 0 Å². The number of ether oxygens (including phenoxy) is 2. The Morgan fingerprint density at radius 2 is 1.77 bits per heavy atom. The lowest BCUT2D eigenvalue weighted by Gasteiger charge is -2.09. The molecule has 0 spiro atoms. The molecule has 0 bridgehead atoms. The largest absolute Gasteiger partial charge is 0.497 e. The number of benzene rings is 2. The molecular weight excluding hydrogens is 360 g/mol. The number of methoxy groups -OCH3 is 1. The molecule has 0 heterocycles. The summed E-state index contributed by atoms with van der Waals surface area (Å²) in [6.45, 7) is -2.88. The number of anilines is 1. The molecule has 22 heavy (non-hydrogen) atoms. The Labute approximate surface area is 134 Å². The average Bonchev–Trinajstić information content (AvgIpc) is 2.49. The van der Waals surface area contributed by atoms with E-state index in [0.717, 1.165) is 0 Å². The van der Waals surface area contributed by atoms with Crippen molar-refractivity contribution in [2.24, 2.45) is 0 Å². The van der Waals surface area contributed by atoms with Gasteiger partial charge in [-0.1, -0.05) is 0 Å². The van der Waals surface area contributed by atoms with Gasteiger partial charge in [-0.2, -0.15) is 8.78 Å². The maximum Gasteiger partial charge on any atom is 0.387 e. The van der Waals surface area contributed by atoms with Gasteiger partial charge < -0.3 is 14.8 Å². The standard InChI is InChI=1S/C15H12BrF2NO3/c1-21-11-6-7-13(16)12(8-11)14(20)19-9-2-4-10(5-3-9)22-15(17)18/h2-8,15H,1H3,(H,19,20). The van der Waals surface area contributed by atoms with Crippen molar-refractivity contribution in [1.29, 1.82) is 0 Å². The van der Waals surface area contributed by atoms with E-state index in [0.29, 0.717) is 21.5 Å². The zero-order valence-electron chi connectivity index (χ0n) is 11.5. The minimum atomic E-state index is -2.88. The molecule has 0 aliphatic rings. The van der Waals surface area contributed by atoms with E-state index in [2.05, 4.69) is 26.0 Å². The van der Waals surface area contributed by atoms with E-state index in [4.69, 9.17) is 4.74 Å². The van der Waals surface area contributed by atoms with E-state index < -0.39 is 6.61 Å². The van der Waals surface area contributed by atoms with Crippen molar-refractivity contribution in [1.82, 2.24) is 0 Å². The van der Waals surface area contributed by atoms with Crippen molar-refractivity contribution >= 4 is 27.5 Å². The highest BCUT2D eigenvalue weighted by molar-refractivity contribution is 9.10. The Bertz CT molecular complexity index is 662. The van der Waals surface area contributed by atoms with Gasteiger partial charge in [0.15, 0.2) is 0 Å². The molecule has 0 fully saturated rings. The van der Waals surface area contributed by atoms with E-state index in [1.54, 1.807) is 18.2 Å². The first kappa shape index (κ1) is 16.2. The number of alkyl halides is 2. The van der Waals surface area contributed by atoms with Gasteiger partial charge in [0.25, 0.3) is 5.91 Å². The van der Waals surface area contributed by atoms with E-state index >= 15 is 0 Å². The Kier molecular flexibility index (Phi) is 5.32. The van der Waals surface area contributed by atoms with Crippen LogP contribution in [0.5, 0.6) is 11.5 Å². The van der Waals surface area contributed by atoms with Crippen molar-refractivity contribution in [3.8, 4) is 11.5 Å². The highest BCUT2D eigenvalue weighted by atomic mass is 79.9. The minimum Gasteiger partial charge on any atom is -0.497 e. The average molecular weight is 372 g/mol. The van der Waals surface area contributed by atoms with Gasteiger partial charge in [-0.05, 0) is 58.4 Å². The summed E-state index contributed by atoms with van der Waals surface area (Å²) in [5.41, 5.74) is 0.855. The van der Waals surface area contributed by atoms with Crippen LogP contribution in [-0.2, 0) is 0 Å². The highest BCUT2D eigenvalue weighted by Gasteiger charge is 2.12. The summed E-state index contributed by atoms with van der Waals surface area (Å²) in [6.07, 6.45) is 0. The maximum atomic E-state index is 12.2. The van der Waals surface area contributed by atoms with Crippen molar-refractivity contribution in [3.63, 3.8) is 0 Å². The SMILES string of the molecule is COc1ccc(Br)c(C(=O)Nc2ccc(OC(F)F)cc2)c1. The van der Waals surface area contributed by atoms with Crippen LogP contribution in [0, 0.1) is 0 Å². The zero-order valence-corrected chi connectivity index (χ0v) is 13.1. The van der Waals surface area contributed by atoms with Crippen LogP contribution in [0.25, 0.3) is 0 Å². The number of halogens is 3. The summed E-state index contributed by atoms with van der Waals surface area (Å²) >= 11 is 3.29. The molecule has 1 N–H and O–H groups in total. The van der Waals surface area contributed by atoms with E-state index in [9.17, 15) is 13.6 Å². The number of carbonyl (C=O) groups excluding carboxylic acids is 1. The summed E-state index contributed by atoms with van der Waals surface area (Å²) in [4.78, 5) is 12.2. The van der Waals surface area contributed by atoms with Gasteiger partial charge in [0.05, 0.1) is 12.7 Å². The molecule has 2 aromatic carbocycles. The number of hydrogen-bond donors (Lipinski definition) is 1. The van der Waals surface area contributed by atoms with Crippen LogP contribution in [0.3, 0.4) is 0 Å². The molecule has 2 rings (SSSR count). The molecule has 0 saturated carbocycles. The predicted octanol–water partition coefficient (Wildman–Crippen LogP) is 4.31. The number of amides is 1. The molecule has 0 aliphatic heterocycles. The van der Waals surface area contributed by atoms with E-state index in [1.165, 1.54) is 31.4 Å². The fraction of sp³-hybridized carbons (Fsp3) is 0.133. The van der Waals surface area contributed by atoms with Crippen molar-refractivity contribution < 1.29 is 23.0 Å². The van der Waals surface area contributed by atoms with Crippen molar-refractivity contribution in [2.45, 2.75) is 6.61 Å². The lowest BCUT2D eigenvalue weighted by Crippen LogP contribution is -2.12. The Hall–Kier alpha value is -2.15. The molecule has 0 atom stereocenters. The van der Waals surface area contributed by atoms with Crippen molar-refractivity contribution in [3.05, 3.63) is 52.5 Å². The fourth-order valence-electron chi connectivity index (χ4n) is 1.72. The number of carbonyl (C=O) groups is 1. The summed E-state index contributed by atoms with van der Waals surface area (Å²) in [7, 11) is 1.51. The Balaban J connectivity index is 2.11. The van der Waals surface area contributed by atoms with Gasteiger partial charge in [-0.3, -0.25) is 4.79 Å². The smallest absolute Gasteiger partial charge is 0.387 e. The van der Waals surface area contributed by atoms with Crippen LogP contribution >= 0.6 is 15.9 Å². The summed E-state index contributed by atoms with van der Waals surface area (Å²) in [5.74, 6) is 0.220. The van der Waals surface area contributed by atoms with Crippen LogP contribution in [0.2, 0.25) is 0 Å². The van der Waals surface area contributed by atoms with Gasteiger partial charge in [0.2, 0.25) is 0 Å². The van der Waals surface area contributed by atoms with Gasteiger partial charge >= 0.3 is 6.61 Å². The van der Waals surface area contributed by atoms with Crippen LogP contribution in [0.4, 0.5) is 14.5 Å². The lowest BCUT2D eigenvalue weighted by molar-refractivity contribution is -0.0498. The van der Waals surface area contributed by atoms with Crippen LogP contribution in [0.1, 0.15) is 10.4 Å². The zero-order chi connectivity index (χ0) is 16.1. The lowest BCUT2D eigenvalue weighted by atomic mass is 10.2. The molecule has 2 aromatic rings. The number of rotatable bonds is 5. The molecule has 4 nitrogen and oxygen atoms in total. The molecule has 0 radical (unpaired) electrons. The molecule has 0 unspecified atom stereocenters. The summed E-state index contributed by atoms with van der Waals surface area (Å²) in [5, 5.41) is 2.66. The normalized spacial score (nSPS) is 10.4. The molecule has 116 valence electrons. The topological polar surface area (TPSA) is 47.6 Å².